The number of pyridine rings is 2. The Morgan fingerprint density at radius 1 is 1.00 bits per heavy atom. The lowest BCUT2D eigenvalue weighted by Crippen LogP contribution is -2.06. The Kier molecular flexibility index (Phi) is 4.23. The lowest BCUT2D eigenvalue weighted by Gasteiger charge is -2.09. The molecule has 0 aliphatic carbocycles. The summed E-state index contributed by atoms with van der Waals surface area (Å²) in [6.07, 6.45) is 6.05. The van der Waals surface area contributed by atoms with Gasteiger partial charge < -0.3 is 10.6 Å². The van der Waals surface area contributed by atoms with E-state index >= 15 is 0 Å². The molecule has 9 heteroatoms. The van der Waals surface area contributed by atoms with Crippen LogP contribution in [0.3, 0.4) is 0 Å². The highest BCUT2D eigenvalue weighted by Crippen LogP contribution is 2.32. The summed E-state index contributed by atoms with van der Waals surface area (Å²) in [5, 5.41) is 17.2. The van der Waals surface area contributed by atoms with Crippen LogP contribution in [-0.4, -0.2) is 24.9 Å². The van der Waals surface area contributed by atoms with Crippen molar-refractivity contribution in [3.05, 3.63) is 64.9 Å². The molecule has 0 fully saturated rings. The van der Waals surface area contributed by atoms with E-state index in [-0.39, 0.29) is 17.3 Å². The molecule has 0 bridgehead atoms. The predicted octanol–water partition coefficient (Wildman–Crippen LogP) is 2.97. The van der Waals surface area contributed by atoms with Crippen LogP contribution in [0.25, 0.3) is 0 Å². The minimum Gasteiger partial charge on any atom is -0.334 e. The number of aromatic nitrogens is 4. The van der Waals surface area contributed by atoms with Gasteiger partial charge in [-0.05, 0) is 30.7 Å². The second kappa shape index (κ2) is 6.65. The summed E-state index contributed by atoms with van der Waals surface area (Å²) in [6.45, 7) is 1.90. The standard InChI is InChI=1S/C15H13N7O2/c1-10-2-3-12(17-8-10)21-15-13(22(23)24)14(18-9-19-15)20-11-4-6-16-7-5-11/h2-9H,1H3,(H2,16,17,18,19,20,21). The maximum atomic E-state index is 11.5. The third-order valence-corrected chi connectivity index (χ3v) is 3.11. The number of nitrogens with one attached hydrogen (secondary N) is 2. The molecule has 0 saturated carbocycles. The molecule has 2 N–H and O–H groups in total. The molecule has 0 radical (unpaired) electrons. The predicted molar refractivity (Wildman–Crippen MR) is 88.5 cm³/mol. The second-order valence-corrected chi connectivity index (χ2v) is 4.88. The fourth-order valence-electron chi connectivity index (χ4n) is 1.97. The van der Waals surface area contributed by atoms with Crippen molar-refractivity contribution >= 4 is 28.8 Å². The number of hydrogen-bond acceptors (Lipinski definition) is 8. The first kappa shape index (κ1) is 15.3. The molecule has 0 aliphatic rings. The molecular weight excluding hydrogens is 310 g/mol. The van der Waals surface area contributed by atoms with Crippen molar-refractivity contribution < 1.29 is 4.92 Å². The zero-order valence-electron chi connectivity index (χ0n) is 12.7. The van der Waals surface area contributed by atoms with Gasteiger partial charge in [-0.2, -0.15) is 0 Å². The summed E-state index contributed by atoms with van der Waals surface area (Å²) in [5.41, 5.74) is 1.35. The summed E-state index contributed by atoms with van der Waals surface area (Å²) >= 11 is 0. The maximum absolute atomic E-state index is 11.5. The molecule has 0 saturated heterocycles. The number of rotatable bonds is 5. The van der Waals surface area contributed by atoms with E-state index in [1.165, 1.54) is 6.33 Å². The fraction of sp³-hybridized carbons (Fsp3) is 0.0667. The van der Waals surface area contributed by atoms with Crippen LogP contribution < -0.4 is 10.6 Å². The highest BCUT2D eigenvalue weighted by atomic mass is 16.6. The average Bonchev–Trinajstić information content (AvgIpc) is 2.58. The van der Waals surface area contributed by atoms with Gasteiger partial charge in [0.2, 0.25) is 11.6 Å². The van der Waals surface area contributed by atoms with E-state index in [4.69, 9.17) is 0 Å². The van der Waals surface area contributed by atoms with E-state index in [9.17, 15) is 10.1 Å². The number of aryl methyl sites for hydroxylation is 1. The SMILES string of the molecule is Cc1ccc(Nc2ncnc(Nc3ccncc3)c2[N+](=O)[O-])nc1. The monoisotopic (exact) mass is 323 g/mol. The highest BCUT2D eigenvalue weighted by molar-refractivity contribution is 5.75. The number of nitro groups is 1. The molecule has 3 aromatic heterocycles. The fourth-order valence-corrected chi connectivity index (χ4v) is 1.97. The van der Waals surface area contributed by atoms with Gasteiger partial charge in [-0.3, -0.25) is 15.1 Å². The van der Waals surface area contributed by atoms with Crippen LogP contribution in [0.2, 0.25) is 0 Å². The third-order valence-electron chi connectivity index (χ3n) is 3.11. The smallest absolute Gasteiger partial charge is 0.334 e. The summed E-state index contributed by atoms with van der Waals surface area (Å²) < 4.78 is 0. The molecule has 24 heavy (non-hydrogen) atoms. The quantitative estimate of drug-likeness (QED) is 0.543. The molecule has 0 spiro atoms. The van der Waals surface area contributed by atoms with Gasteiger partial charge in [0, 0.05) is 24.3 Å². The van der Waals surface area contributed by atoms with Gasteiger partial charge in [0.15, 0.2) is 0 Å². The molecule has 3 aromatic rings. The van der Waals surface area contributed by atoms with Crippen molar-refractivity contribution in [1.29, 1.82) is 0 Å². The first-order chi connectivity index (χ1) is 11.6. The molecule has 0 amide bonds. The maximum Gasteiger partial charge on any atom is 0.353 e. The molecular formula is C15H13N7O2. The molecule has 0 unspecified atom stereocenters. The Hall–Kier alpha value is -3.62. The van der Waals surface area contributed by atoms with Crippen molar-refractivity contribution in [3.63, 3.8) is 0 Å². The van der Waals surface area contributed by atoms with E-state index in [0.717, 1.165) is 5.56 Å². The summed E-state index contributed by atoms with van der Waals surface area (Å²) in [4.78, 5) is 26.9. The van der Waals surface area contributed by atoms with Crippen LogP contribution in [0.15, 0.2) is 49.2 Å². The van der Waals surface area contributed by atoms with Crippen molar-refractivity contribution in [2.24, 2.45) is 0 Å². The average molecular weight is 323 g/mol. The van der Waals surface area contributed by atoms with Crippen LogP contribution in [0, 0.1) is 17.0 Å². The molecule has 0 aromatic carbocycles. The minimum absolute atomic E-state index is 0.0582. The molecule has 3 rings (SSSR count). The van der Waals surface area contributed by atoms with E-state index in [2.05, 4.69) is 30.6 Å². The molecule has 120 valence electrons. The van der Waals surface area contributed by atoms with Crippen molar-refractivity contribution in [3.8, 4) is 0 Å². The van der Waals surface area contributed by atoms with Gasteiger partial charge in [-0.1, -0.05) is 6.07 Å². The van der Waals surface area contributed by atoms with E-state index in [0.29, 0.717) is 11.5 Å². The Morgan fingerprint density at radius 2 is 1.71 bits per heavy atom. The molecule has 9 nitrogen and oxygen atoms in total. The van der Waals surface area contributed by atoms with Gasteiger partial charge >= 0.3 is 5.69 Å². The van der Waals surface area contributed by atoms with Crippen molar-refractivity contribution in [1.82, 2.24) is 19.9 Å². The van der Waals surface area contributed by atoms with Crippen molar-refractivity contribution in [2.75, 3.05) is 10.6 Å². The van der Waals surface area contributed by atoms with E-state index in [1.54, 1.807) is 36.8 Å². The second-order valence-electron chi connectivity index (χ2n) is 4.88. The summed E-state index contributed by atoms with van der Waals surface area (Å²) in [5.74, 6) is 0.594. The first-order valence-electron chi connectivity index (χ1n) is 6.99. The largest absolute Gasteiger partial charge is 0.353 e. The summed E-state index contributed by atoms with van der Waals surface area (Å²) in [7, 11) is 0. The van der Waals surface area contributed by atoms with Crippen LogP contribution >= 0.6 is 0 Å². The van der Waals surface area contributed by atoms with Crippen LogP contribution in [0.4, 0.5) is 28.8 Å². The lowest BCUT2D eigenvalue weighted by molar-refractivity contribution is -0.383. The third kappa shape index (κ3) is 3.40. The molecule has 0 aliphatic heterocycles. The molecule has 3 heterocycles. The minimum atomic E-state index is -0.542. The van der Waals surface area contributed by atoms with Gasteiger partial charge in [0.25, 0.3) is 0 Å². The van der Waals surface area contributed by atoms with Gasteiger partial charge in [0.1, 0.15) is 12.1 Å². The van der Waals surface area contributed by atoms with Crippen LogP contribution in [0.1, 0.15) is 5.56 Å². The zero-order valence-corrected chi connectivity index (χ0v) is 12.7. The summed E-state index contributed by atoms with van der Waals surface area (Å²) in [6, 6.07) is 6.93. The zero-order chi connectivity index (χ0) is 16.9. The van der Waals surface area contributed by atoms with E-state index < -0.39 is 4.92 Å². The Labute approximate surface area is 137 Å². The highest BCUT2D eigenvalue weighted by Gasteiger charge is 2.23. The lowest BCUT2D eigenvalue weighted by atomic mass is 10.3. The Bertz CT molecular complexity index is 853. The number of hydrogen-bond donors (Lipinski definition) is 2. The topological polar surface area (TPSA) is 119 Å². The Balaban J connectivity index is 1.96. The van der Waals surface area contributed by atoms with E-state index in [1.807, 2.05) is 13.0 Å². The first-order valence-corrected chi connectivity index (χ1v) is 6.99. The number of nitrogens with zero attached hydrogens (tertiary/aromatic N) is 5. The van der Waals surface area contributed by atoms with Crippen molar-refractivity contribution in [2.45, 2.75) is 6.92 Å². The molecule has 0 atom stereocenters. The van der Waals surface area contributed by atoms with Crippen LogP contribution in [-0.2, 0) is 0 Å². The van der Waals surface area contributed by atoms with Gasteiger partial charge in [0.05, 0.1) is 4.92 Å². The normalized spacial score (nSPS) is 10.2. The van der Waals surface area contributed by atoms with Gasteiger partial charge in [-0.15, -0.1) is 0 Å². The van der Waals surface area contributed by atoms with Gasteiger partial charge in [-0.25, -0.2) is 15.0 Å². The van der Waals surface area contributed by atoms with Crippen LogP contribution in [0.5, 0.6) is 0 Å². The Morgan fingerprint density at radius 3 is 2.33 bits per heavy atom. The number of anilines is 4.